The van der Waals surface area contributed by atoms with Gasteiger partial charge in [-0.25, -0.2) is 4.79 Å². The molecule has 4 rings (SSSR count). The van der Waals surface area contributed by atoms with Gasteiger partial charge in [0.2, 0.25) is 11.7 Å². The number of amides is 1. The molecule has 0 fully saturated rings. The van der Waals surface area contributed by atoms with Crippen molar-refractivity contribution in [1.29, 1.82) is 0 Å². The summed E-state index contributed by atoms with van der Waals surface area (Å²) in [4.78, 5) is 36.3. The van der Waals surface area contributed by atoms with Crippen LogP contribution in [0.5, 0.6) is 11.5 Å². The van der Waals surface area contributed by atoms with Crippen LogP contribution in [-0.4, -0.2) is 42.1 Å². The number of carbonyl (C=O) groups excluding carboxylic acids is 3. The van der Waals surface area contributed by atoms with Gasteiger partial charge in [-0.15, -0.1) is 0 Å². The Hall–Kier alpha value is -4.21. The highest BCUT2D eigenvalue weighted by Crippen LogP contribution is 2.27. The number of anilines is 1. The number of nitrogens with one attached hydrogen (secondary N) is 1. The lowest BCUT2D eigenvalue weighted by atomic mass is 10.0. The van der Waals surface area contributed by atoms with Crippen LogP contribution in [0.4, 0.5) is 14.5 Å². The standard InChI is InChI=1S/C26H24F2N2O6/c1-15-11-21(16(2)30(15)18-4-6-19(7-5-18)36-26(27)28)23(31)13-35-25(33)14-34-20-8-9-22-17(12-20)3-10-24(32)29-22/h4-9,11-12,26H,3,10,13-14H2,1-2H3,(H,29,32). The molecule has 0 radical (unpaired) electrons. The van der Waals surface area contributed by atoms with Crippen molar-refractivity contribution in [2.75, 3.05) is 18.5 Å². The second kappa shape index (κ2) is 10.6. The average molecular weight is 498 g/mol. The lowest BCUT2D eigenvalue weighted by Gasteiger charge is -2.17. The number of esters is 1. The van der Waals surface area contributed by atoms with Crippen molar-refractivity contribution < 1.29 is 37.4 Å². The molecule has 8 nitrogen and oxygen atoms in total. The van der Waals surface area contributed by atoms with E-state index in [4.69, 9.17) is 9.47 Å². The minimum atomic E-state index is -2.91. The van der Waals surface area contributed by atoms with Gasteiger partial charge < -0.3 is 24.1 Å². The Morgan fingerprint density at radius 1 is 1.00 bits per heavy atom. The van der Waals surface area contributed by atoms with Crippen LogP contribution in [-0.2, 0) is 20.7 Å². The average Bonchev–Trinajstić information content (AvgIpc) is 3.15. The van der Waals surface area contributed by atoms with E-state index in [9.17, 15) is 23.2 Å². The second-order valence-corrected chi connectivity index (χ2v) is 8.23. The number of alkyl halides is 2. The Labute approximate surface area is 205 Å². The van der Waals surface area contributed by atoms with Crippen molar-refractivity contribution in [2.45, 2.75) is 33.3 Å². The van der Waals surface area contributed by atoms with E-state index in [-0.39, 0.29) is 24.0 Å². The van der Waals surface area contributed by atoms with Gasteiger partial charge in [0.25, 0.3) is 0 Å². The van der Waals surface area contributed by atoms with Crippen molar-refractivity contribution in [2.24, 2.45) is 0 Å². The zero-order valence-corrected chi connectivity index (χ0v) is 19.7. The number of ketones is 1. The summed E-state index contributed by atoms with van der Waals surface area (Å²) in [7, 11) is 0. The molecule has 10 heteroatoms. The molecule has 1 aliphatic rings. The van der Waals surface area contributed by atoms with Gasteiger partial charge in [0.1, 0.15) is 11.5 Å². The molecule has 2 heterocycles. The van der Waals surface area contributed by atoms with Crippen molar-refractivity contribution in [1.82, 2.24) is 4.57 Å². The summed E-state index contributed by atoms with van der Waals surface area (Å²) in [6, 6.07) is 12.8. The number of aromatic nitrogens is 1. The van der Waals surface area contributed by atoms with E-state index in [0.717, 1.165) is 16.9 Å². The lowest BCUT2D eigenvalue weighted by molar-refractivity contribution is -0.144. The maximum atomic E-state index is 12.7. The van der Waals surface area contributed by atoms with E-state index in [1.807, 2.05) is 0 Å². The lowest BCUT2D eigenvalue weighted by Crippen LogP contribution is -2.20. The Kier molecular flexibility index (Phi) is 7.33. The fourth-order valence-electron chi connectivity index (χ4n) is 4.08. The van der Waals surface area contributed by atoms with Crippen LogP contribution in [0.25, 0.3) is 5.69 Å². The van der Waals surface area contributed by atoms with E-state index in [2.05, 4.69) is 10.1 Å². The first-order valence-electron chi connectivity index (χ1n) is 11.2. The molecule has 1 aromatic heterocycles. The highest BCUT2D eigenvalue weighted by atomic mass is 19.3. The normalized spacial score (nSPS) is 12.6. The molecule has 1 aliphatic heterocycles. The maximum Gasteiger partial charge on any atom is 0.387 e. The van der Waals surface area contributed by atoms with E-state index >= 15 is 0 Å². The minimum Gasteiger partial charge on any atom is -0.482 e. The number of halogens is 2. The Morgan fingerprint density at radius 2 is 1.72 bits per heavy atom. The third-order valence-corrected chi connectivity index (χ3v) is 5.74. The molecule has 36 heavy (non-hydrogen) atoms. The number of Topliss-reactive ketones (excluding diaryl/α,β-unsaturated/α-hetero) is 1. The smallest absolute Gasteiger partial charge is 0.387 e. The molecule has 2 aromatic carbocycles. The number of hydrogen-bond donors (Lipinski definition) is 1. The predicted molar refractivity (Wildman–Crippen MR) is 126 cm³/mol. The Balaban J connectivity index is 1.33. The largest absolute Gasteiger partial charge is 0.482 e. The van der Waals surface area contributed by atoms with Crippen LogP contribution in [0.3, 0.4) is 0 Å². The van der Waals surface area contributed by atoms with E-state index in [1.54, 1.807) is 54.8 Å². The fourth-order valence-corrected chi connectivity index (χ4v) is 4.08. The summed E-state index contributed by atoms with van der Waals surface area (Å²) >= 11 is 0. The Morgan fingerprint density at radius 3 is 2.44 bits per heavy atom. The fraction of sp³-hybridized carbons (Fsp3) is 0.269. The highest BCUT2D eigenvalue weighted by Gasteiger charge is 2.19. The molecule has 1 amide bonds. The van der Waals surface area contributed by atoms with Crippen LogP contribution in [0.1, 0.15) is 33.7 Å². The van der Waals surface area contributed by atoms with Crippen LogP contribution in [0.15, 0.2) is 48.5 Å². The van der Waals surface area contributed by atoms with Crippen LogP contribution in [0.2, 0.25) is 0 Å². The Bertz CT molecular complexity index is 1300. The number of ether oxygens (including phenoxy) is 3. The van der Waals surface area contributed by atoms with Crippen LogP contribution < -0.4 is 14.8 Å². The SMILES string of the molecule is Cc1cc(C(=O)COC(=O)COc2ccc3c(c2)CCC(=O)N3)c(C)n1-c1ccc(OC(F)F)cc1. The molecule has 0 spiro atoms. The topological polar surface area (TPSA) is 95.9 Å². The number of hydrogen-bond acceptors (Lipinski definition) is 6. The summed E-state index contributed by atoms with van der Waals surface area (Å²) in [5.41, 5.74) is 4.06. The van der Waals surface area contributed by atoms with Gasteiger partial charge in [-0.05, 0) is 74.4 Å². The quantitative estimate of drug-likeness (QED) is 0.347. The van der Waals surface area contributed by atoms with Gasteiger partial charge in [-0.1, -0.05) is 0 Å². The summed E-state index contributed by atoms with van der Waals surface area (Å²) in [5, 5.41) is 2.77. The molecular weight excluding hydrogens is 474 g/mol. The van der Waals surface area contributed by atoms with Gasteiger partial charge in [0, 0.05) is 34.7 Å². The van der Waals surface area contributed by atoms with Gasteiger partial charge in [0.15, 0.2) is 13.2 Å². The van der Waals surface area contributed by atoms with E-state index in [0.29, 0.717) is 35.5 Å². The molecule has 0 saturated heterocycles. The zero-order chi connectivity index (χ0) is 25.8. The number of carbonyl (C=O) groups is 3. The van der Waals surface area contributed by atoms with Gasteiger partial charge in [-0.2, -0.15) is 8.78 Å². The molecular formula is C26H24F2N2O6. The monoisotopic (exact) mass is 498 g/mol. The molecule has 1 N–H and O–H groups in total. The third-order valence-electron chi connectivity index (χ3n) is 5.74. The molecule has 188 valence electrons. The summed E-state index contributed by atoms with van der Waals surface area (Å²) in [5.74, 6) is -0.629. The van der Waals surface area contributed by atoms with Crippen LogP contribution >= 0.6 is 0 Å². The van der Waals surface area contributed by atoms with Gasteiger partial charge in [-0.3, -0.25) is 9.59 Å². The third kappa shape index (κ3) is 5.70. The van der Waals surface area contributed by atoms with Crippen molar-refractivity contribution in [3.05, 3.63) is 71.0 Å². The first kappa shape index (κ1) is 24.9. The first-order chi connectivity index (χ1) is 17.2. The number of rotatable bonds is 9. The summed E-state index contributed by atoms with van der Waals surface area (Å²) < 4.78 is 41.5. The molecule has 0 bridgehead atoms. The van der Waals surface area contributed by atoms with Crippen molar-refractivity contribution in [3.8, 4) is 17.2 Å². The molecule has 3 aromatic rings. The number of fused-ring (bicyclic) bond motifs is 1. The van der Waals surface area contributed by atoms with E-state index in [1.165, 1.54) is 12.1 Å². The van der Waals surface area contributed by atoms with Crippen LogP contribution in [0, 0.1) is 13.8 Å². The van der Waals surface area contributed by atoms with Gasteiger partial charge >= 0.3 is 12.6 Å². The van der Waals surface area contributed by atoms with Gasteiger partial charge in [0.05, 0.1) is 0 Å². The summed E-state index contributed by atoms with van der Waals surface area (Å²) in [6.07, 6.45) is 0.975. The predicted octanol–water partition coefficient (Wildman–Crippen LogP) is 4.39. The number of nitrogens with zero attached hydrogens (tertiary/aromatic N) is 1. The molecule has 0 atom stereocenters. The van der Waals surface area contributed by atoms with E-state index < -0.39 is 19.2 Å². The summed E-state index contributed by atoms with van der Waals surface area (Å²) in [6.45, 7) is -0.191. The van der Waals surface area contributed by atoms with Crippen molar-refractivity contribution in [3.63, 3.8) is 0 Å². The zero-order valence-electron chi connectivity index (χ0n) is 19.7. The number of aryl methyl sites for hydroxylation is 2. The number of benzene rings is 2. The second-order valence-electron chi connectivity index (χ2n) is 8.23. The minimum absolute atomic E-state index is 0.0313. The molecule has 0 saturated carbocycles. The first-order valence-corrected chi connectivity index (χ1v) is 11.2. The maximum absolute atomic E-state index is 12.7. The molecule has 0 unspecified atom stereocenters. The molecule has 0 aliphatic carbocycles. The van der Waals surface area contributed by atoms with Crippen molar-refractivity contribution >= 4 is 23.3 Å². The highest BCUT2D eigenvalue weighted by molar-refractivity contribution is 5.99.